The number of likely N-dealkylation sites (N-methyl/N-ethyl adjacent to an activating group) is 2. The molecule has 0 aromatic heterocycles. The van der Waals surface area contributed by atoms with E-state index in [2.05, 4.69) is 0 Å². The summed E-state index contributed by atoms with van der Waals surface area (Å²) >= 11 is 0. The molecule has 0 saturated carbocycles. The van der Waals surface area contributed by atoms with E-state index < -0.39 is 5.97 Å². The number of carbonyl (C=O) groups is 3. The van der Waals surface area contributed by atoms with Gasteiger partial charge in [0.1, 0.15) is 6.54 Å². The largest absolute Gasteiger partial charge is 0.481 e. The van der Waals surface area contributed by atoms with Gasteiger partial charge in [-0.25, -0.2) is 4.79 Å². The Morgan fingerprint density at radius 3 is 2.48 bits per heavy atom. The van der Waals surface area contributed by atoms with E-state index in [1.807, 2.05) is 0 Å². The fraction of sp³-hybridized carbons (Fsp3) is 0.786. The topological polar surface area (TPSA) is 81.2 Å². The molecule has 0 radical (unpaired) electrons. The minimum absolute atomic E-state index is 0.0577. The van der Waals surface area contributed by atoms with Gasteiger partial charge in [-0.1, -0.05) is 0 Å². The average molecular weight is 299 g/mol. The molecular weight excluding hydrogens is 274 g/mol. The summed E-state index contributed by atoms with van der Waals surface area (Å²) in [6.45, 7) is 1.30. The first-order chi connectivity index (χ1) is 9.81. The Kier molecular flexibility index (Phi) is 6.45. The van der Waals surface area contributed by atoms with Crippen LogP contribution in [0.2, 0.25) is 0 Å². The van der Waals surface area contributed by atoms with Gasteiger partial charge < -0.3 is 19.8 Å². The Morgan fingerprint density at radius 1 is 1.24 bits per heavy atom. The minimum Gasteiger partial charge on any atom is -0.481 e. The van der Waals surface area contributed by atoms with Crippen LogP contribution in [0, 0.1) is 5.92 Å². The van der Waals surface area contributed by atoms with Crippen LogP contribution in [0.4, 0.5) is 4.79 Å². The second-order valence-electron chi connectivity index (χ2n) is 5.81. The molecule has 1 unspecified atom stereocenters. The predicted molar refractivity (Wildman–Crippen MR) is 77.9 cm³/mol. The average Bonchev–Trinajstić information content (AvgIpc) is 2.44. The van der Waals surface area contributed by atoms with E-state index >= 15 is 0 Å². The molecular formula is C14H25N3O4. The van der Waals surface area contributed by atoms with E-state index in [9.17, 15) is 14.4 Å². The highest BCUT2D eigenvalue weighted by Gasteiger charge is 2.26. The lowest BCUT2D eigenvalue weighted by Crippen LogP contribution is -2.48. The third-order valence-corrected chi connectivity index (χ3v) is 3.75. The fourth-order valence-corrected chi connectivity index (χ4v) is 2.46. The van der Waals surface area contributed by atoms with Crippen LogP contribution < -0.4 is 0 Å². The fourth-order valence-electron chi connectivity index (χ4n) is 2.46. The van der Waals surface area contributed by atoms with Gasteiger partial charge in [0.15, 0.2) is 0 Å². The smallest absolute Gasteiger partial charge is 0.320 e. The molecule has 0 aromatic rings. The summed E-state index contributed by atoms with van der Waals surface area (Å²) in [6, 6.07) is -0.162. The number of piperidine rings is 1. The molecule has 0 aliphatic carbocycles. The zero-order valence-electron chi connectivity index (χ0n) is 13.0. The number of amides is 3. The molecule has 0 spiro atoms. The molecule has 1 aliphatic rings. The number of hydrogen-bond acceptors (Lipinski definition) is 3. The van der Waals surface area contributed by atoms with Gasteiger partial charge >= 0.3 is 12.0 Å². The number of nitrogens with zero attached hydrogens (tertiary/aromatic N) is 3. The molecule has 1 aliphatic heterocycles. The maximum atomic E-state index is 12.3. The van der Waals surface area contributed by atoms with Crippen LogP contribution >= 0.6 is 0 Å². The van der Waals surface area contributed by atoms with Gasteiger partial charge in [-0.05, 0) is 25.2 Å². The molecule has 3 amide bonds. The van der Waals surface area contributed by atoms with Gasteiger partial charge in [-0.2, -0.15) is 0 Å². The lowest BCUT2D eigenvalue weighted by atomic mass is 9.93. The normalized spacial score (nSPS) is 18.2. The molecule has 1 heterocycles. The van der Waals surface area contributed by atoms with Crippen molar-refractivity contribution >= 4 is 17.9 Å². The zero-order chi connectivity index (χ0) is 16.0. The van der Waals surface area contributed by atoms with Gasteiger partial charge in [0.25, 0.3) is 0 Å². The number of aliphatic carboxylic acids is 1. The molecule has 1 saturated heterocycles. The quantitative estimate of drug-likeness (QED) is 0.810. The van der Waals surface area contributed by atoms with Crippen molar-refractivity contribution in [2.24, 2.45) is 5.92 Å². The van der Waals surface area contributed by atoms with Crippen molar-refractivity contribution < 1.29 is 19.5 Å². The Morgan fingerprint density at radius 2 is 1.90 bits per heavy atom. The van der Waals surface area contributed by atoms with Crippen molar-refractivity contribution in [1.82, 2.24) is 14.7 Å². The Bertz CT molecular complexity index is 398. The van der Waals surface area contributed by atoms with Crippen LogP contribution in [-0.2, 0) is 9.59 Å². The van der Waals surface area contributed by atoms with Crippen molar-refractivity contribution in [1.29, 1.82) is 0 Å². The summed E-state index contributed by atoms with van der Waals surface area (Å²) in [5.74, 6) is -0.686. The number of hydrogen-bond donors (Lipinski definition) is 1. The first kappa shape index (κ1) is 17.3. The minimum atomic E-state index is -0.799. The molecule has 7 heteroatoms. The molecule has 7 nitrogen and oxygen atoms in total. The Balaban J connectivity index is 2.49. The molecule has 1 N–H and O–H groups in total. The van der Waals surface area contributed by atoms with E-state index in [0.29, 0.717) is 19.5 Å². The summed E-state index contributed by atoms with van der Waals surface area (Å²) < 4.78 is 0. The lowest BCUT2D eigenvalue weighted by molar-refractivity contribution is -0.137. The van der Waals surface area contributed by atoms with Crippen LogP contribution in [-0.4, -0.2) is 78.5 Å². The van der Waals surface area contributed by atoms with E-state index in [4.69, 9.17) is 5.11 Å². The third kappa shape index (κ3) is 5.61. The maximum absolute atomic E-state index is 12.3. The highest BCUT2D eigenvalue weighted by molar-refractivity contribution is 5.83. The summed E-state index contributed by atoms with van der Waals surface area (Å²) in [6.07, 6.45) is 2.57. The molecule has 1 rings (SSSR count). The summed E-state index contributed by atoms with van der Waals surface area (Å²) in [7, 11) is 4.93. The second kappa shape index (κ2) is 7.85. The molecule has 0 aromatic carbocycles. The number of carboxylic acids is 1. The number of rotatable bonds is 5. The SMILES string of the molecule is CN(C)C(=O)CN(C)C(=O)N1CCCC(CCC(=O)O)C1. The van der Waals surface area contributed by atoms with Crippen molar-refractivity contribution in [2.75, 3.05) is 40.8 Å². The first-order valence-corrected chi connectivity index (χ1v) is 7.23. The van der Waals surface area contributed by atoms with Crippen molar-refractivity contribution in [3.05, 3.63) is 0 Å². The van der Waals surface area contributed by atoms with Crippen LogP contribution in [0.1, 0.15) is 25.7 Å². The summed E-state index contributed by atoms with van der Waals surface area (Å²) in [4.78, 5) is 39.1. The lowest BCUT2D eigenvalue weighted by Gasteiger charge is -2.35. The number of urea groups is 1. The van der Waals surface area contributed by atoms with E-state index in [-0.39, 0.29) is 30.8 Å². The molecule has 1 fully saturated rings. The van der Waals surface area contributed by atoms with E-state index in [1.54, 1.807) is 26.0 Å². The van der Waals surface area contributed by atoms with Gasteiger partial charge in [0.2, 0.25) is 5.91 Å². The molecule has 0 bridgehead atoms. The number of carbonyl (C=O) groups excluding carboxylic acids is 2. The maximum Gasteiger partial charge on any atom is 0.320 e. The molecule has 120 valence electrons. The second-order valence-corrected chi connectivity index (χ2v) is 5.81. The van der Waals surface area contributed by atoms with E-state index in [0.717, 1.165) is 12.8 Å². The van der Waals surface area contributed by atoms with Crippen LogP contribution in [0.5, 0.6) is 0 Å². The van der Waals surface area contributed by atoms with Crippen molar-refractivity contribution in [3.63, 3.8) is 0 Å². The van der Waals surface area contributed by atoms with Gasteiger partial charge in [-0.15, -0.1) is 0 Å². The number of carboxylic acid groups (broad SMARTS) is 1. The zero-order valence-corrected chi connectivity index (χ0v) is 13.0. The summed E-state index contributed by atoms with van der Waals surface area (Å²) in [5, 5.41) is 8.73. The van der Waals surface area contributed by atoms with Crippen molar-refractivity contribution in [2.45, 2.75) is 25.7 Å². The van der Waals surface area contributed by atoms with E-state index in [1.165, 1.54) is 9.80 Å². The Hall–Kier alpha value is -1.79. The molecule has 1 atom stereocenters. The predicted octanol–water partition coefficient (Wildman–Crippen LogP) is 0.703. The van der Waals surface area contributed by atoms with Crippen LogP contribution in [0.3, 0.4) is 0 Å². The highest BCUT2D eigenvalue weighted by Crippen LogP contribution is 2.21. The van der Waals surface area contributed by atoms with Crippen LogP contribution in [0.25, 0.3) is 0 Å². The Labute approximate surface area is 125 Å². The standard InChI is InChI=1S/C14H25N3O4/c1-15(2)12(18)10-16(3)14(21)17-8-4-5-11(9-17)6-7-13(19)20/h11H,4-10H2,1-3H3,(H,19,20). The van der Waals surface area contributed by atoms with Crippen molar-refractivity contribution in [3.8, 4) is 0 Å². The monoisotopic (exact) mass is 299 g/mol. The van der Waals surface area contributed by atoms with Crippen LogP contribution in [0.15, 0.2) is 0 Å². The van der Waals surface area contributed by atoms with Gasteiger partial charge in [-0.3, -0.25) is 9.59 Å². The summed E-state index contributed by atoms with van der Waals surface area (Å²) in [5.41, 5.74) is 0. The van der Waals surface area contributed by atoms with Gasteiger partial charge in [0, 0.05) is 40.7 Å². The highest BCUT2D eigenvalue weighted by atomic mass is 16.4. The number of likely N-dealkylation sites (tertiary alicyclic amines) is 1. The molecule has 21 heavy (non-hydrogen) atoms. The van der Waals surface area contributed by atoms with Gasteiger partial charge in [0.05, 0.1) is 0 Å². The third-order valence-electron chi connectivity index (χ3n) is 3.75. The first-order valence-electron chi connectivity index (χ1n) is 7.23.